The molecule has 1 aliphatic rings. The van der Waals surface area contributed by atoms with Gasteiger partial charge in [0.1, 0.15) is 0 Å². The highest BCUT2D eigenvalue weighted by atomic mass is 16.4. The van der Waals surface area contributed by atoms with E-state index >= 15 is 0 Å². The number of carboxylic acids is 1. The van der Waals surface area contributed by atoms with Crippen LogP contribution in [-0.4, -0.2) is 53.6 Å². The number of rotatable bonds is 5. The molecule has 0 aliphatic carbocycles. The zero-order valence-electron chi connectivity index (χ0n) is 13.1. The maximum Gasteiger partial charge on any atom is 0.307 e. The van der Waals surface area contributed by atoms with Crippen LogP contribution in [0.4, 0.5) is 0 Å². The van der Waals surface area contributed by atoms with E-state index in [2.05, 4.69) is 41.0 Å². The van der Waals surface area contributed by atoms with Crippen molar-refractivity contribution in [3.05, 3.63) is 35.4 Å². The predicted molar refractivity (Wildman–Crippen MR) is 84.3 cm³/mol. The number of hydrogen-bond acceptors (Lipinski definition) is 3. The summed E-state index contributed by atoms with van der Waals surface area (Å²) in [7, 11) is 0. The molecule has 1 unspecified atom stereocenters. The molecule has 116 valence electrons. The lowest BCUT2D eigenvalue weighted by molar-refractivity contribution is -0.141. The second-order valence-corrected chi connectivity index (χ2v) is 6.10. The van der Waals surface area contributed by atoms with Crippen LogP contribution in [0.25, 0.3) is 0 Å². The first-order chi connectivity index (χ1) is 10.1. The lowest BCUT2D eigenvalue weighted by Crippen LogP contribution is -2.35. The van der Waals surface area contributed by atoms with E-state index < -0.39 is 5.97 Å². The fourth-order valence-corrected chi connectivity index (χ4v) is 2.86. The van der Waals surface area contributed by atoms with Crippen molar-refractivity contribution >= 4 is 5.97 Å². The predicted octanol–water partition coefficient (Wildman–Crippen LogP) is 2.22. The third kappa shape index (κ3) is 4.83. The second kappa shape index (κ2) is 7.57. The Bertz CT molecular complexity index is 476. The summed E-state index contributed by atoms with van der Waals surface area (Å²) in [5, 5.41) is 9.02. The zero-order chi connectivity index (χ0) is 15.2. The molecule has 1 heterocycles. The molecule has 1 fully saturated rings. The first kappa shape index (κ1) is 16.0. The van der Waals surface area contributed by atoms with Gasteiger partial charge < -0.3 is 10.0 Å². The fourth-order valence-electron chi connectivity index (χ4n) is 2.86. The lowest BCUT2D eigenvalue weighted by atomic mass is 10.1. The Kier molecular flexibility index (Phi) is 5.76. The van der Waals surface area contributed by atoms with Crippen LogP contribution in [0.1, 0.15) is 24.5 Å². The van der Waals surface area contributed by atoms with Crippen LogP contribution in [0.2, 0.25) is 0 Å². The van der Waals surface area contributed by atoms with Crippen molar-refractivity contribution < 1.29 is 9.90 Å². The summed E-state index contributed by atoms with van der Waals surface area (Å²) in [6, 6.07) is 8.54. The first-order valence-electron chi connectivity index (χ1n) is 7.78. The monoisotopic (exact) mass is 290 g/mol. The molecule has 4 nitrogen and oxygen atoms in total. The van der Waals surface area contributed by atoms with Crippen LogP contribution < -0.4 is 0 Å². The largest absolute Gasteiger partial charge is 0.481 e. The molecule has 1 saturated heterocycles. The number of carboxylic acid groups (broad SMARTS) is 1. The molecule has 0 spiro atoms. The van der Waals surface area contributed by atoms with Crippen molar-refractivity contribution in [2.45, 2.75) is 26.8 Å². The van der Waals surface area contributed by atoms with E-state index in [1.165, 1.54) is 11.1 Å². The van der Waals surface area contributed by atoms with Crippen LogP contribution >= 0.6 is 0 Å². The summed E-state index contributed by atoms with van der Waals surface area (Å²) < 4.78 is 0. The van der Waals surface area contributed by atoms with E-state index in [1.807, 2.05) is 0 Å². The van der Waals surface area contributed by atoms with Crippen molar-refractivity contribution in [1.29, 1.82) is 0 Å². The van der Waals surface area contributed by atoms with Crippen LogP contribution in [0.3, 0.4) is 0 Å². The van der Waals surface area contributed by atoms with Crippen molar-refractivity contribution in [2.75, 3.05) is 32.7 Å². The number of benzene rings is 1. The van der Waals surface area contributed by atoms with Crippen LogP contribution in [0.5, 0.6) is 0 Å². The molecule has 21 heavy (non-hydrogen) atoms. The van der Waals surface area contributed by atoms with Crippen LogP contribution in [0, 0.1) is 12.8 Å². The molecule has 1 aromatic rings. The molecule has 0 radical (unpaired) electrons. The highest BCUT2D eigenvalue weighted by Crippen LogP contribution is 2.13. The van der Waals surface area contributed by atoms with Gasteiger partial charge in [-0.1, -0.05) is 31.2 Å². The van der Waals surface area contributed by atoms with E-state index in [1.54, 1.807) is 6.92 Å². The standard InChI is InChI=1S/C17H26N2O2/c1-14-6-3-4-7-16(14)13-19-9-5-8-18(10-11-19)12-15(2)17(20)21/h3-4,6-7,15H,5,8-13H2,1-2H3,(H,20,21). The quantitative estimate of drug-likeness (QED) is 0.903. The number of carbonyl (C=O) groups is 1. The number of hydrogen-bond donors (Lipinski definition) is 1. The van der Waals surface area contributed by atoms with Crippen LogP contribution in [-0.2, 0) is 11.3 Å². The molecule has 4 heteroatoms. The van der Waals surface area contributed by atoms with Gasteiger partial charge in [0.05, 0.1) is 5.92 Å². The molecule has 0 amide bonds. The smallest absolute Gasteiger partial charge is 0.307 e. The summed E-state index contributed by atoms with van der Waals surface area (Å²) in [5.74, 6) is -0.982. The van der Waals surface area contributed by atoms with Crippen molar-refractivity contribution in [3.63, 3.8) is 0 Å². The third-order valence-corrected chi connectivity index (χ3v) is 4.29. The third-order valence-electron chi connectivity index (χ3n) is 4.29. The van der Waals surface area contributed by atoms with Gasteiger partial charge in [-0.05, 0) is 37.6 Å². The number of aliphatic carboxylic acids is 1. The number of nitrogens with zero attached hydrogens (tertiary/aromatic N) is 2. The van der Waals surface area contributed by atoms with Gasteiger partial charge in [-0.3, -0.25) is 9.69 Å². The average molecular weight is 290 g/mol. The van der Waals surface area contributed by atoms with Gasteiger partial charge >= 0.3 is 5.97 Å². The molecule has 0 aromatic heterocycles. The Labute approximate surface area is 127 Å². The fraction of sp³-hybridized carbons (Fsp3) is 0.588. The summed E-state index contributed by atoms with van der Waals surface area (Å²) in [6.07, 6.45) is 1.11. The molecule has 1 aromatic carbocycles. The molecule has 1 aliphatic heterocycles. The second-order valence-electron chi connectivity index (χ2n) is 6.10. The van der Waals surface area contributed by atoms with Crippen LogP contribution in [0.15, 0.2) is 24.3 Å². The molecule has 1 N–H and O–H groups in total. The Morgan fingerprint density at radius 1 is 1.19 bits per heavy atom. The minimum absolute atomic E-state index is 0.284. The average Bonchev–Trinajstić information content (AvgIpc) is 2.67. The Morgan fingerprint density at radius 3 is 2.57 bits per heavy atom. The number of aryl methyl sites for hydroxylation is 1. The highest BCUT2D eigenvalue weighted by Gasteiger charge is 2.19. The van der Waals surface area contributed by atoms with Gasteiger partial charge in [-0.15, -0.1) is 0 Å². The normalized spacial score (nSPS) is 19.1. The van der Waals surface area contributed by atoms with E-state index in [0.29, 0.717) is 6.54 Å². The summed E-state index contributed by atoms with van der Waals surface area (Å²) in [5.41, 5.74) is 2.74. The molecule has 0 saturated carbocycles. The van der Waals surface area contributed by atoms with E-state index in [4.69, 9.17) is 5.11 Å². The summed E-state index contributed by atoms with van der Waals surface area (Å²) in [4.78, 5) is 15.7. The van der Waals surface area contributed by atoms with Gasteiger partial charge in [0, 0.05) is 26.2 Å². The first-order valence-corrected chi connectivity index (χ1v) is 7.78. The highest BCUT2D eigenvalue weighted by molar-refractivity contribution is 5.69. The van der Waals surface area contributed by atoms with Gasteiger partial charge in [-0.2, -0.15) is 0 Å². The van der Waals surface area contributed by atoms with Crippen molar-refractivity contribution in [1.82, 2.24) is 9.80 Å². The molecular formula is C17H26N2O2. The van der Waals surface area contributed by atoms with Gasteiger partial charge in [0.15, 0.2) is 0 Å². The maximum absolute atomic E-state index is 11.0. The molecule has 2 rings (SSSR count). The maximum atomic E-state index is 11.0. The Hall–Kier alpha value is -1.39. The van der Waals surface area contributed by atoms with Gasteiger partial charge in [0.25, 0.3) is 0 Å². The van der Waals surface area contributed by atoms with Gasteiger partial charge in [0.2, 0.25) is 0 Å². The Morgan fingerprint density at radius 2 is 1.86 bits per heavy atom. The van der Waals surface area contributed by atoms with E-state index in [9.17, 15) is 4.79 Å². The molecule has 1 atom stereocenters. The topological polar surface area (TPSA) is 43.8 Å². The minimum atomic E-state index is -0.698. The summed E-state index contributed by atoms with van der Waals surface area (Å²) in [6.45, 7) is 9.67. The van der Waals surface area contributed by atoms with Crippen molar-refractivity contribution in [2.24, 2.45) is 5.92 Å². The minimum Gasteiger partial charge on any atom is -0.481 e. The summed E-state index contributed by atoms with van der Waals surface area (Å²) >= 11 is 0. The molecule has 0 bridgehead atoms. The zero-order valence-corrected chi connectivity index (χ0v) is 13.1. The van der Waals surface area contributed by atoms with E-state index in [-0.39, 0.29) is 5.92 Å². The Balaban J connectivity index is 1.86. The van der Waals surface area contributed by atoms with Crippen molar-refractivity contribution in [3.8, 4) is 0 Å². The SMILES string of the molecule is Cc1ccccc1CN1CCCN(CC(C)C(=O)O)CC1. The van der Waals surface area contributed by atoms with E-state index in [0.717, 1.165) is 39.1 Å². The molecular weight excluding hydrogens is 264 g/mol. The lowest BCUT2D eigenvalue weighted by Gasteiger charge is -2.23. The van der Waals surface area contributed by atoms with Gasteiger partial charge in [-0.25, -0.2) is 0 Å².